The van der Waals surface area contributed by atoms with Gasteiger partial charge in [0.2, 0.25) is 0 Å². The van der Waals surface area contributed by atoms with Crippen molar-refractivity contribution in [1.82, 2.24) is 0 Å². The summed E-state index contributed by atoms with van der Waals surface area (Å²) >= 11 is 3.76. The topological polar surface area (TPSA) is 3.24 Å². The van der Waals surface area contributed by atoms with Crippen LogP contribution in [0, 0.1) is 0 Å². The zero-order chi connectivity index (χ0) is 46.2. The Hall–Kier alpha value is -8.34. The standard InChI is InChI=1S/C67H43NS2/c1-3-17-48(18-4-1)67(49-19-5-2-6-20-49)61-29-10-7-22-55(61)60-43-52(40-41-62(60)67)68(51-21-13-16-47(42-51)54-26-15-28-59-57-24-9-12-31-64(57)70-66(54)59)50-38-36-45(37-39-50)44-32-34-46(35-33-44)53-25-14-27-58-56-23-8-11-30-63(56)69-65(53)58/h1-43H. The van der Waals surface area contributed by atoms with Crippen LogP contribution in [0.2, 0.25) is 0 Å². The normalized spacial score (nSPS) is 12.7. The van der Waals surface area contributed by atoms with Crippen molar-refractivity contribution in [3.8, 4) is 44.5 Å². The van der Waals surface area contributed by atoms with Crippen LogP contribution in [0.1, 0.15) is 22.3 Å². The van der Waals surface area contributed by atoms with Gasteiger partial charge in [0.05, 0.1) is 5.41 Å². The van der Waals surface area contributed by atoms with E-state index >= 15 is 0 Å². The molecule has 0 atom stereocenters. The molecule has 1 nitrogen and oxygen atoms in total. The summed E-state index contributed by atoms with van der Waals surface area (Å²) in [5.74, 6) is 0. The van der Waals surface area contributed by atoms with E-state index < -0.39 is 5.41 Å². The van der Waals surface area contributed by atoms with Gasteiger partial charge in [-0.05, 0) is 115 Å². The van der Waals surface area contributed by atoms with Gasteiger partial charge in [-0.3, -0.25) is 0 Å². The lowest BCUT2D eigenvalue weighted by Gasteiger charge is -2.34. The monoisotopic (exact) mass is 925 g/mol. The Balaban J connectivity index is 0.905. The van der Waals surface area contributed by atoms with Crippen LogP contribution in [0.3, 0.4) is 0 Å². The number of thiophene rings is 2. The molecule has 0 aliphatic heterocycles. The Morgan fingerprint density at radius 2 is 0.729 bits per heavy atom. The van der Waals surface area contributed by atoms with Crippen molar-refractivity contribution in [1.29, 1.82) is 0 Å². The Bertz CT molecular complexity index is 4070. The summed E-state index contributed by atoms with van der Waals surface area (Å²) in [6.45, 7) is 0. The van der Waals surface area contributed by atoms with Gasteiger partial charge in [0.25, 0.3) is 0 Å². The van der Waals surface area contributed by atoms with E-state index in [4.69, 9.17) is 0 Å². The fourth-order valence-corrected chi connectivity index (χ4v) is 13.9. The van der Waals surface area contributed by atoms with Crippen molar-refractivity contribution < 1.29 is 0 Å². The number of hydrogen-bond acceptors (Lipinski definition) is 3. The quantitative estimate of drug-likeness (QED) is 0.147. The molecule has 0 bridgehead atoms. The molecule has 328 valence electrons. The minimum atomic E-state index is -0.470. The molecular formula is C67H43NS2. The summed E-state index contributed by atoms with van der Waals surface area (Å²) in [5.41, 5.74) is 17.8. The first-order chi connectivity index (χ1) is 34.7. The molecule has 0 saturated carbocycles. The Morgan fingerprint density at radius 3 is 1.37 bits per heavy atom. The van der Waals surface area contributed by atoms with E-state index in [9.17, 15) is 0 Å². The zero-order valence-electron chi connectivity index (χ0n) is 38.1. The second kappa shape index (κ2) is 16.4. The molecule has 2 aromatic heterocycles. The van der Waals surface area contributed by atoms with Crippen LogP contribution in [0.4, 0.5) is 17.1 Å². The molecule has 11 aromatic carbocycles. The lowest BCUT2D eigenvalue weighted by molar-refractivity contribution is 0.768. The highest BCUT2D eigenvalue weighted by molar-refractivity contribution is 7.26. The molecule has 70 heavy (non-hydrogen) atoms. The third-order valence-corrected chi connectivity index (χ3v) is 17.0. The average Bonchev–Trinajstić information content (AvgIpc) is 4.11. The highest BCUT2D eigenvalue weighted by Gasteiger charge is 2.46. The molecule has 0 fully saturated rings. The van der Waals surface area contributed by atoms with Gasteiger partial charge < -0.3 is 4.90 Å². The van der Waals surface area contributed by atoms with Crippen LogP contribution in [-0.4, -0.2) is 0 Å². The van der Waals surface area contributed by atoms with Crippen LogP contribution >= 0.6 is 22.7 Å². The molecule has 0 N–H and O–H groups in total. The van der Waals surface area contributed by atoms with Crippen molar-refractivity contribution in [2.24, 2.45) is 0 Å². The van der Waals surface area contributed by atoms with Crippen molar-refractivity contribution in [3.63, 3.8) is 0 Å². The summed E-state index contributed by atoms with van der Waals surface area (Å²) < 4.78 is 5.29. The third-order valence-electron chi connectivity index (χ3n) is 14.6. The van der Waals surface area contributed by atoms with Gasteiger partial charge in [-0.15, -0.1) is 22.7 Å². The van der Waals surface area contributed by atoms with E-state index in [0.717, 1.165) is 17.1 Å². The second-order valence-corrected chi connectivity index (χ2v) is 20.4. The van der Waals surface area contributed by atoms with Gasteiger partial charge in [0.1, 0.15) is 0 Å². The average molecular weight is 926 g/mol. The van der Waals surface area contributed by atoms with Crippen molar-refractivity contribution in [3.05, 3.63) is 283 Å². The molecule has 0 unspecified atom stereocenters. The molecule has 1 aliphatic rings. The van der Waals surface area contributed by atoms with Gasteiger partial charge in [-0.2, -0.15) is 0 Å². The summed E-state index contributed by atoms with van der Waals surface area (Å²) in [6, 6.07) is 96.7. The van der Waals surface area contributed by atoms with Crippen LogP contribution in [0.25, 0.3) is 84.9 Å². The predicted molar refractivity (Wildman–Crippen MR) is 301 cm³/mol. The van der Waals surface area contributed by atoms with E-state index in [2.05, 4.69) is 266 Å². The van der Waals surface area contributed by atoms with Gasteiger partial charge in [-0.25, -0.2) is 0 Å². The van der Waals surface area contributed by atoms with Crippen LogP contribution < -0.4 is 4.90 Å². The molecule has 14 rings (SSSR count). The highest BCUT2D eigenvalue weighted by Crippen LogP contribution is 2.57. The van der Waals surface area contributed by atoms with Crippen LogP contribution in [-0.2, 0) is 5.41 Å². The van der Waals surface area contributed by atoms with Gasteiger partial charge in [-0.1, -0.05) is 212 Å². The number of fused-ring (bicyclic) bond motifs is 9. The van der Waals surface area contributed by atoms with Crippen molar-refractivity contribution in [2.75, 3.05) is 4.90 Å². The number of hydrogen-bond donors (Lipinski definition) is 0. The molecular weight excluding hydrogens is 883 g/mol. The van der Waals surface area contributed by atoms with Gasteiger partial charge in [0.15, 0.2) is 0 Å². The van der Waals surface area contributed by atoms with Crippen molar-refractivity contribution in [2.45, 2.75) is 5.41 Å². The smallest absolute Gasteiger partial charge is 0.0713 e. The molecule has 1 aliphatic carbocycles. The Labute approximate surface area is 415 Å². The highest BCUT2D eigenvalue weighted by atomic mass is 32.1. The molecule has 0 spiro atoms. The van der Waals surface area contributed by atoms with E-state index in [1.54, 1.807) is 0 Å². The summed E-state index contributed by atoms with van der Waals surface area (Å²) in [4.78, 5) is 2.45. The summed E-state index contributed by atoms with van der Waals surface area (Å²) in [5, 5.41) is 5.27. The Kier molecular flexibility index (Phi) is 9.55. The Morgan fingerprint density at radius 1 is 0.271 bits per heavy atom. The van der Waals surface area contributed by atoms with E-state index in [1.807, 2.05) is 22.7 Å². The van der Waals surface area contributed by atoms with Crippen LogP contribution in [0.15, 0.2) is 261 Å². The predicted octanol–water partition coefficient (Wildman–Crippen LogP) is 19.3. The maximum atomic E-state index is 2.45. The molecule has 0 radical (unpaired) electrons. The molecule has 13 aromatic rings. The molecule has 3 heteroatoms. The lowest BCUT2D eigenvalue weighted by Crippen LogP contribution is -2.28. The minimum Gasteiger partial charge on any atom is -0.310 e. The van der Waals surface area contributed by atoms with Gasteiger partial charge >= 0.3 is 0 Å². The SMILES string of the molecule is c1ccc(C2(c3ccccc3)c3ccccc3-c3cc(N(c4ccc(-c5ccc(-c6cccc7c6sc6ccccc67)cc5)cc4)c4cccc(-c5cccc6c5sc5ccccc56)c4)ccc32)cc1. The first-order valence-electron chi connectivity index (χ1n) is 24.0. The summed E-state index contributed by atoms with van der Waals surface area (Å²) in [6.07, 6.45) is 0. The van der Waals surface area contributed by atoms with E-state index in [0.29, 0.717) is 0 Å². The molecule has 0 saturated heterocycles. The fourth-order valence-electron chi connectivity index (χ4n) is 11.4. The largest absolute Gasteiger partial charge is 0.310 e. The minimum absolute atomic E-state index is 0.470. The maximum Gasteiger partial charge on any atom is 0.0713 e. The zero-order valence-corrected chi connectivity index (χ0v) is 39.7. The lowest BCUT2D eigenvalue weighted by atomic mass is 9.68. The fraction of sp³-hybridized carbons (Fsp3) is 0.0149. The summed E-state index contributed by atoms with van der Waals surface area (Å²) in [7, 11) is 0. The van der Waals surface area contributed by atoms with E-state index in [1.165, 1.54) is 107 Å². The number of benzene rings is 11. The maximum absolute atomic E-state index is 2.45. The second-order valence-electron chi connectivity index (χ2n) is 18.3. The first-order valence-corrected chi connectivity index (χ1v) is 25.6. The number of rotatable bonds is 8. The van der Waals surface area contributed by atoms with E-state index in [-0.39, 0.29) is 0 Å². The van der Waals surface area contributed by atoms with Crippen molar-refractivity contribution >= 4 is 80.1 Å². The van der Waals surface area contributed by atoms with Crippen LogP contribution in [0.5, 0.6) is 0 Å². The number of anilines is 3. The first kappa shape index (κ1) is 40.7. The molecule has 0 amide bonds. The molecule has 2 heterocycles. The van der Waals surface area contributed by atoms with Gasteiger partial charge in [0, 0.05) is 57.4 Å². The number of nitrogens with zero attached hydrogens (tertiary/aromatic N) is 1. The third kappa shape index (κ3) is 6.36.